The third-order valence-corrected chi connectivity index (χ3v) is 5.22. The van der Waals surface area contributed by atoms with Crippen LogP contribution in [0, 0.1) is 13.8 Å². The van der Waals surface area contributed by atoms with Crippen LogP contribution in [0.15, 0.2) is 82.6 Å². The molecule has 162 valence electrons. The Morgan fingerprint density at radius 1 is 0.500 bits per heavy atom. The largest absolute Gasteiger partial charge is 0.508 e. The number of phenols is 2. The van der Waals surface area contributed by atoms with Gasteiger partial charge in [0, 0.05) is 0 Å². The van der Waals surface area contributed by atoms with Gasteiger partial charge in [0.1, 0.15) is 11.5 Å². The van der Waals surface area contributed by atoms with Gasteiger partial charge in [0.2, 0.25) is 0 Å². The number of hydrogen-bond donors (Lipinski definition) is 4. The molecule has 30 heavy (non-hydrogen) atoms. The smallest absolute Gasteiger partial charge is 0.294 e. The number of aryl methyl sites for hydroxylation is 2. The lowest BCUT2D eigenvalue weighted by atomic mass is 10.2. The van der Waals surface area contributed by atoms with Gasteiger partial charge in [-0.25, -0.2) is 0 Å². The van der Waals surface area contributed by atoms with Crippen molar-refractivity contribution in [3.05, 3.63) is 83.9 Å². The van der Waals surface area contributed by atoms with Crippen LogP contribution < -0.4 is 0 Å². The zero-order chi connectivity index (χ0) is 22.9. The van der Waals surface area contributed by atoms with Crippen molar-refractivity contribution in [2.24, 2.45) is 0 Å². The zero-order valence-electron chi connectivity index (χ0n) is 16.2. The second kappa shape index (κ2) is 10.7. The second-order valence-electron chi connectivity index (χ2n) is 6.09. The van der Waals surface area contributed by atoms with Crippen LogP contribution in [0.2, 0.25) is 0 Å². The summed E-state index contributed by atoms with van der Waals surface area (Å²) in [5.74, 6) is 0.339. The molecular formula is C20H22O8S2. The number of rotatable bonds is 2. The van der Waals surface area contributed by atoms with Crippen LogP contribution in [0.5, 0.6) is 11.5 Å². The highest BCUT2D eigenvalue weighted by molar-refractivity contribution is 7.86. The molecular weight excluding hydrogens is 432 g/mol. The molecule has 0 spiro atoms. The summed E-state index contributed by atoms with van der Waals surface area (Å²) in [5, 5.41) is 17.3. The summed E-state index contributed by atoms with van der Waals surface area (Å²) in [5.41, 5.74) is 1.91. The molecule has 0 saturated heterocycles. The Balaban J connectivity index is 0.000000228. The molecule has 0 aliphatic heterocycles. The first-order chi connectivity index (χ1) is 13.8. The molecule has 0 bridgehead atoms. The van der Waals surface area contributed by atoms with E-state index in [2.05, 4.69) is 0 Å². The molecule has 0 saturated carbocycles. The molecule has 0 amide bonds. The summed E-state index contributed by atoms with van der Waals surface area (Å²) >= 11 is 0. The van der Waals surface area contributed by atoms with Gasteiger partial charge < -0.3 is 10.2 Å². The maximum atomic E-state index is 10.5. The van der Waals surface area contributed by atoms with Crippen molar-refractivity contribution in [1.29, 1.82) is 0 Å². The molecule has 3 rings (SSSR count). The zero-order valence-corrected chi connectivity index (χ0v) is 17.8. The molecule has 0 aromatic heterocycles. The summed E-state index contributed by atoms with van der Waals surface area (Å²) in [6.45, 7) is 3.68. The SMILES string of the molecule is Cc1ccc(S(=O)(=O)O)cc1.Cc1ccc(S(=O)(=O)O)cc1.Oc1ccc(O)cc1. The first kappa shape index (κ1) is 25.1. The number of phenolic OH excluding ortho intramolecular Hbond substituents is 2. The van der Waals surface area contributed by atoms with Crippen LogP contribution in [0.1, 0.15) is 11.1 Å². The first-order valence-corrected chi connectivity index (χ1v) is 11.2. The highest BCUT2D eigenvalue weighted by atomic mass is 32.2. The maximum Gasteiger partial charge on any atom is 0.294 e. The van der Waals surface area contributed by atoms with Crippen molar-refractivity contribution in [2.75, 3.05) is 0 Å². The van der Waals surface area contributed by atoms with Gasteiger partial charge in [-0.2, -0.15) is 16.8 Å². The quantitative estimate of drug-likeness (QED) is 0.339. The fourth-order valence-electron chi connectivity index (χ4n) is 1.87. The van der Waals surface area contributed by atoms with Gasteiger partial charge in [-0.15, -0.1) is 0 Å². The fourth-order valence-corrected chi connectivity index (χ4v) is 2.83. The number of benzene rings is 3. The molecule has 4 N–H and O–H groups in total. The Morgan fingerprint density at radius 3 is 0.933 bits per heavy atom. The molecule has 0 atom stereocenters. The Hall–Kier alpha value is -2.92. The predicted octanol–water partition coefficient (Wildman–Crippen LogP) is 3.58. The van der Waals surface area contributed by atoms with Crippen molar-refractivity contribution in [3.63, 3.8) is 0 Å². The number of hydrogen-bond acceptors (Lipinski definition) is 6. The summed E-state index contributed by atoms with van der Waals surface area (Å²) in [6, 6.07) is 17.7. The van der Waals surface area contributed by atoms with Gasteiger partial charge in [-0.1, -0.05) is 35.4 Å². The van der Waals surface area contributed by atoms with Gasteiger partial charge in [-0.3, -0.25) is 9.11 Å². The van der Waals surface area contributed by atoms with Gasteiger partial charge >= 0.3 is 0 Å². The van der Waals surface area contributed by atoms with E-state index in [0.717, 1.165) is 11.1 Å². The van der Waals surface area contributed by atoms with Crippen molar-refractivity contribution in [3.8, 4) is 11.5 Å². The van der Waals surface area contributed by atoms with Crippen LogP contribution in [0.4, 0.5) is 0 Å². The van der Waals surface area contributed by atoms with E-state index in [1.165, 1.54) is 48.5 Å². The molecule has 0 heterocycles. The van der Waals surface area contributed by atoms with E-state index in [1.54, 1.807) is 24.3 Å². The average Bonchev–Trinajstić information content (AvgIpc) is 2.64. The molecule has 0 radical (unpaired) electrons. The summed E-state index contributed by atoms with van der Waals surface area (Å²) in [4.78, 5) is -0.133. The molecule has 0 fully saturated rings. The van der Waals surface area contributed by atoms with Crippen LogP contribution >= 0.6 is 0 Å². The third-order valence-electron chi connectivity index (χ3n) is 3.49. The number of aromatic hydroxyl groups is 2. The second-order valence-corrected chi connectivity index (χ2v) is 8.94. The normalized spacial score (nSPS) is 10.8. The summed E-state index contributed by atoms with van der Waals surface area (Å²) in [7, 11) is -8.04. The monoisotopic (exact) mass is 454 g/mol. The topological polar surface area (TPSA) is 149 Å². The molecule has 8 nitrogen and oxygen atoms in total. The minimum atomic E-state index is -4.02. The Labute approximate surface area is 175 Å². The molecule has 0 aliphatic rings. The van der Waals surface area contributed by atoms with E-state index in [4.69, 9.17) is 19.3 Å². The van der Waals surface area contributed by atoms with Crippen molar-refractivity contribution in [1.82, 2.24) is 0 Å². The van der Waals surface area contributed by atoms with Crippen molar-refractivity contribution >= 4 is 20.2 Å². The van der Waals surface area contributed by atoms with E-state index in [0.29, 0.717) is 0 Å². The average molecular weight is 455 g/mol. The maximum absolute atomic E-state index is 10.5. The van der Waals surface area contributed by atoms with Gasteiger partial charge in [0.05, 0.1) is 9.79 Å². The fraction of sp³-hybridized carbons (Fsp3) is 0.100. The van der Waals surface area contributed by atoms with Crippen LogP contribution in [0.3, 0.4) is 0 Å². The first-order valence-electron chi connectivity index (χ1n) is 8.35. The molecule has 0 unspecified atom stereocenters. The van der Waals surface area contributed by atoms with Crippen LogP contribution in [0.25, 0.3) is 0 Å². The Bertz CT molecular complexity index is 1040. The van der Waals surface area contributed by atoms with Crippen molar-refractivity contribution < 1.29 is 36.2 Å². The van der Waals surface area contributed by atoms with Gasteiger partial charge in [0.15, 0.2) is 0 Å². The van der Waals surface area contributed by atoms with E-state index in [1.807, 2.05) is 13.8 Å². The van der Waals surface area contributed by atoms with E-state index in [-0.39, 0.29) is 21.3 Å². The minimum Gasteiger partial charge on any atom is -0.508 e. The van der Waals surface area contributed by atoms with Crippen LogP contribution in [-0.2, 0) is 20.2 Å². The molecule has 3 aromatic rings. The molecule has 3 aromatic carbocycles. The third kappa shape index (κ3) is 9.52. The van der Waals surface area contributed by atoms with E-state index in [9.17, 15) is 16.8 Å². The van der Waals surface area contributed by atoms with Gasteiger partial charge in [0.25, 0.3) is 20.2 Å². The Kier molecular flexibility index (Phi) is 8.99. The molecule has 0 aliphatic carbocycles. The lowest BCUT2D eigenvalue weighted by Gasteiger charge is -1.95. The van der Waals surface area contributed by atoms with E-state index >= 15 is 0 Å². The standard InChI is InChI=1S/2C7H8O3S.C6H6O2/c2*1-6-2-4-7(5-3-6)11(8,9)10;7-5-1-2-6(8)4-3-5/h2*2-5H,1H3,(H,8,9,10);1-4,7-8H. The highest BCUT2D eigenvalue weighted by Gasteiger charge is 2.07. The minimum absolute atomic E-state index is 0.0666. The lowest BCUT2D eigenvalue weighted by Crippen LogP contribution is -1.96. The predicted molar refractivity (Wildman–Crippen MR) is 112 cm³/mol. The van der Waals surface area contributed by atoms with Crippen LogP contribution in [-0.4, -0.2) is 36.2 Å². The Morgan fingerprint density at radius 2 is 0.733 bits per heavy atom. The highest BCUT2D eigenvalue weighted by Crippen LogP contribution is 2.13. The summed E-state index contributed by atoms with van der Waals surface area (Å²) in [6.07, 6.45) is 0. The van der Waals surface area contributed by atoms with Gasteiger partial charge in [-0.05, 0) is 62.4 Å². The van der Waals surface area contributed by atoms with Crippen molar-refractivity contribution in [2.45, 2.75) is 23.6 Å². The molecule has 10 heteroatoms. The summed E-state index contributed by atoms with van der Waals surface area (Å²) < 4.78 is 59.1. The van der Waals surface area contributed by atoms with E-state index < -0.39 is 20.2 Å². The lowest BCUT2D eigenvalue weighted by molar-refractivity contribution is 0.460.